The molecular weight excluding hydrogens is 276 g/mol. The van der Waals surface area contributed by atoms with Crippen molar-refractivity contribution in [3.05, 3.63) is 40.1 Å². The maximum atomic E-state index is 11.2. The van der Waals surface area contributed by atoms with Crippen molar-refractivity contribution in [2.75, 3.05) is 19.5 Å². The average Bonchev–Trinajstić information content (AvgIpc) is 2.47. The molecule has 8 heteroatoms. The lowest BCUT2D eigenvalue weighted by Crippen LogP contribution is -2.05. The molecule has 110 valence electrons. The smallest absolute Gasteiger partial charge is 0.332 e. The van der Waals surface area contributed by atoms with Crippen LogP contribution in [0.4, 0.5) is 17.2 Å². The second kappa shape index (κ2) is 6.04. The Hall–Kier alpha value is -2.90. The van der Waals surface area contributed by atoms with Crippen molar-refractivity contribution in [2.24, 2.45) is 0 Å². The van der Waals surface area contributed by atoms with E-state index in [4.69, 9.17) is 9.47 Å². The van der Waals surface area contributed by atoms with Gasteiger partial charge in [0.05, 0.1) is 19.1 Å². The van der Waals surface area contributed by atoms with Crippen LogP contribution in [0.2, 0.25) is 0 Å². The summed E-state index contributed by atoms with van der Waals surface area (Å²) < 4.78 is 10.00. The second-order valence-corrected chi connectivity index (χ2v) is 4.10. The molecule has 0 aliphatic rings. The standard InChI is InChI=1S/C13H14N4O4/c1-8-11(17(18)19)12(16-13(14-8)21-3)15-9-4-6-10(20-2)7-5-9/h4-7H,1-3H3,(H,14,15,16). The van der Waals surface area contributed by atoms with Gasteiger partial charge in [0.25, 0.3) is 0 Å². The van der Waals surface area contributed by atoms with Crippen LogP contribution in [0.1, 0.15) is 5.69 Å². The minimum Gasteiger partial charge on any atom is -0.497 e. The van der Waals surface area contributed by atoms with E-state index in [1.165, 1.54) is 14.0 Å². The number of hydrogen-bond donors (Lipinski definition) is 1. The Balaban J connectivity index is 2.41. The summed E-state index contributed by atoms with van der Waals surface area (Å²) in [6.07, 6.45) is 0. The summed E-state index contributed by atoms with van der Waals surface area (Å²) in [5, 5.41) is 14.0. The van der Waals surface area contributed by atoms with Gasteiger partial charge < -0.3 is 14.8 Å². The lowest BCUT2D eigenvalue weighted by atomic mass is 10.3. The van der Waals surface area contributed by atoms with Crippen molar-refractivity contribution in [1.29, 1.82) is 0 Å². The molecule has 0 amide bonds. The second-order valence-electron chi connectivity index (χ2n) is 4.10. The molecule has 0 radical (unpaired) electrons. The Morgan fingerprint density at radius 3 is 2.33 bits per heavy atom. The minimum atomic E-state index is -0.527. The zero-order valence-corrected chi connectivity index (χ0v) is 11.8. The van der Waals surface area contributed by atoms with Crippen LogP contribution in [0.5, 0.6) is 11.8 Å². The molecule has 0 fully saturated rings. The van der Waals surface area contributed by atoms with Crippen LogP contribution in [0.25, 0.3) is 0 Å². The minimum absolute atomic E-state index is 0.0640. The fourth-order valence-corrected chi connectivity index (χ4v) is 1.75. The van der Waals surface area contributed by atoms with Gasteiger partial charge in [-0.3, -0.25) is 10.1 Å². The van der Waals surface area contributed by atoms with Crippen molar-refractivity contribution in [3.63, 3.8) is 0 Å². The molecule has 1 aromatic carbocycles. The fraction of sp³-hybridized carbons (Fsp3) is 0.231. The number of ether oxygens (including phenoxy) is 2. The Bertz CT molecular complexity index is 658. The van der Waals surface area contributed by atoms with Crippen LogP contribution in [0.3, 0.4) is 0 Å². The highest BCUT2D eigenvalue weighted by Gasteiger charge is 2.22. The number of nitrogens with one attached hydrogen (secondary N) is 1. The number of methoxy groups -OCH3 is 2. The van der Waals surface area contributed by atoms with E-state index in [9.17, 15) is 10.1 Å². The van der Waals surface area contributed by atoms with E-state index in [2.05, 4.69) is 15.3 Å². The maximum absolute atomic E-state index is 11.2. The Kier molecular flexibility index (Phi) is 4.17. The van der Waals surface area contributed by atoms with Gasteiger partial charge in [-0.15, -0.1) is 0 Å². The summed E-state index contributed by atoms with van der Waals surface area (Å²) >= 11 is 0. The van der Waals surface area contributed by atoms with E-state index in [0.29, 0.717) is 11.4 Å². The highest BCUT2D eigenvalue weighted by atomic mass is 16.6. The highest BCUT2D eigenvalue weighted by Crippen LogP contribution is 2.30. The number of benzene rings is 1. The van der Waals surface area contributed by atoms with Crippen LogP contribution >= 0.6 is 0 Å². The molecule has 0 saturated carbocycles. The topological polar surface area (TPSA) is 99.4 Å². The number of aromatic nitrogens is 2. The molecule has 0 aliphatic heterocycles. The van der Waals surface area contributed by atoms with Crippen molar-refractivity contribution in [1.82, 2.24) is 9.97 Å². The molecule has 0 spiro atoms. The van der Waals surface area contributed by atoms with E-state index in [0.717, 1.165) is 0 Å². The number of rotatable bonds is 5. The first-order valence-corrected chi connectivity index (χ1v) is 6.03. The van der Waals surface area contributed by atoms with Gasteiger partial charge in [-0.25, -0.2) is 0 Å². The summed E-state index contributed by atoms with van der Waals surface area (Å²) in [7, 11) is 2.96. The van der Waals surface area contributed by atoms with E-state index in [1.54, 1.807) is 31.4 Å². The third kappa shape index (κ3) is 3.16. The maximum Gasteiger partial charge on any atom is 0.332 e. The molecule has 1 aromatic heterocycles. The van der Waals surface area contributed by atoms with Gasteiger partial charge >= 0.3 is 11.7 Å². The molecule has 21 heavy (non-hydrogen) atoms. The summed E-state index contributed by atoms with van der Waals surface area (Å²) in [6.45, 7) is 1.53. The third-order valence-electron chi connectivity index (χ3n) is 2.76. The van der Waals surface area contributed by atoms with Crippen LogP contribution < -0.4 is 14.8 Å². The van der Waals surface area contributed by atoms with Crippen molar-refractivity contribution < 1.29 is 14.4 Å². The van der Waals surface area contributed by atoms with Crippen LogP contribution in [0, 0.1) is 17.0 Å². The van der Waals surface area contributed by atoms with Gasteiger partial charge in [-0.05, 0) is 31.2 Å². The predicted octanol–water partition coefficient (Wildman–Crippen LogP) is 2.45. The number of anilines is 2. The Labute approximate surface area is 120 Å². The molecule has 0 saturated heterocycles. The molecule has 8 nitrogen and oxygen atoms in total. The molecule has 0 atom stereocenters. The summed E-state index contributed by atoms with van der Waals surface area (Å²) in [4.78, 5) is 18.5. The lowest BCUT2D eigenvalue weighted by Gasteiger charge is -2.09. The Morgan fingerprint density at radius 2 is 1.81 bits per heavy atom. The van der Waals surface area contributed by atoms with Gasteiger partial charge in [0.1, 0.15) is 11.4 Å². The number of nitro groups is 1. The first kappa shape index (κ1) is 14.5. The zero-order chi connectivity index (χ0) is 15.4. The first-order valence-electron chi connectivity index (χ1n) is 6.03. The van der Waals surface area contributed by atoms with E-state index >= 15 is 0 Å². The van der Waals surface area contributed by atoms with E-state index < -0.39 is 4.92 Å². The molecule has 1 heterocycles. The molecule has 2 rings (SSSR count). The average molecular weight is 290 g/mol. The number of hydrogen-bond acceptors (Lipinski definition) is 7. The van der Waals surface area contributed by atoms with Gasteiger partial charge in [0, 0.05) is 5.69 Å². The molecule has 0 bridgehead atoms. The predicted molar refractivity (Wildman–Crippen MR) is 76.3 cm³/mol. The lowest BCUT2D eigenvalue weighted by molar-refractivity contribution is -0.385. The van der Waals surface area contributed by atoms with Gasteiger partial charge in [-0.1, -0.05) is 0 Å². The van der Waals surface area contributed by atoms with Crippen LogP contribution in [-0.4, -0.2) is 29.1 Å². The summed E-state index contributed by atoms with van der Waals surface area (Å²) in [5.41, 5.74) is 0.675. The fourth-order valence-electron chi connectivity index (χ4n) is 1.75. The van der Waals surface area contributed by atoms with Crippen LogP contribution in [0.15, 0.2) is 24.3 Å². The molecular formula is C13H14N4O4. The van der Waals surface area contributed by atoms with Gasteiger partial charge in [-0.2, -0.15) is 9.97 Å². The van der Waals surface area contributed by atoms with E-state index in [1.807, 2.05) is 0 Å². The number of aryl methyl sites for hydroxylation is 1. The summed E-state index contributed by atoms with van der Waals surface area (Å²) in [6, 6.07) is 6.99. The zero-order valence-electron chi connectivity index (χ0n) is 11.8. The monoisotopic (exact) mass is 290 g/mol. The molecule has 0 aliphatic carbocycles. The summed E-state index contributed by atoms with van der Waals surface area (Å²) in [5.74, 6) is 0.765. The van der Waals surface area contributed by atoms with Crippen molar-refractivity contribution >= 4 is 17.2 Å². The van der Waals surface area contributed by atoms with Crippen LogP contribution in [-0.2, 0) is 0 Å². The number of nitrogens with zero attached hydrogens (tertiary/aromatic N) is 3. The SMILES string of the molecule is COc1ccc(Nc2nc(OC)nc(C)c2[N+](=O)[O-])cc1. The van der Waals surface area contributed by atoms with Crippen molar-refractivity contribution in [3.8, 4) is 11.8 Å². The van der Waals surface area contributed by atoms with Crippen molar-refractivity contribution in [2.45, 2.75) is 6.92 Å². The largest absolute Gasteiger partial charge is 0.497 e. The quantitative estimate of drug-likeness (QED) is 0.666. The normalized spacial score (nSPS) is 10.0. The molecule has 2 aromatic rings. The van der Waals surface area contributed by atoms with Gasteiger partial charge in [0.15, 0.2) is 0 Å². The highest BCUT2D eigenvalue weighted by molar-refractivity contribution is 5.67. The molecule has 1 N–H and O–H groups in total. The van der Waals surface area contributed by atoms with Gasteiger partial charge in [0.2, 0.25) is 5.82 Å². The van der Waals surface area contributed by atoms with E-state index in [-0.39, 0.29) is 23.2 Å². The first-order chi connectivity index (χ1) is 10.0. The Morgan fingerprint density at radius 1 is 1.14 bits per heavy atom. The third-order valence-corrected chi connectivity index (χ3v) is 2.76. The molecule has 0 unspecified atom stereocenters.